The predicted octanol–water partition coefficient (Wildman–Crippen LogP) is 5.52. The van der Waals surface area contributed by atoms with Gasteiger partial charge in [0.1, 0.15) is 0 Å². The van der Waals surface area contributed by atoms with Crippen LogP contribution >= 0.6 is 11.3 Å². The van der Waals surface area contributed by atoms with E-state index in [0.29, 0.717) is 11.0 Å². The number of amides is 1. The molecule has 4 rings (SSSR count). The minimum absolute atomic E-state index is 0.135. The molecule has 0 aliphatic carbocycles. The topological polar surface area (TPSA) is 80.2 Å². The molecule has 0 aliphatic heterocycles. The van der Waals surface area contributed by atoms with Gasteiger partial charge in [-0.15, -0.1) is 0 Å². The van der Waals surface area contributed by atoms with Gasteiger partial charge in [-0.25, -0.2) is 13.4 Å². The third-order valence-electron chi connectivity index (χ3n) is 5.62. The second-order valence-corrected chi connectivity index (χ2v) is 11.7. The molecule has 2 aromatic carbocycles. The summed E-state index contributed by atoms with van der Waals surface area (Å²) in [4.78, 5) is 24.2. The quantitative estimate of drug-likeness (QED) is 0.323. The first-order valence-electron chi connectivity index (χ1n) is 11.1. The second kappa shape index (κ2) is 10.0. The number of para-hydroxylation sites is 1. The largest absolute Gasteiger partial charge is 0.284 e. The molecule has 0 bridgehead atoms. The van der Waals surface area contributed by atoms with Crippen molar-refractivity contribution in [1.82, 2.24) is 9.97 Å². The molecule has 0 fully saturated rings. The number of thiazole rings is 1. The molecule has 4 aromatic rings. The zero-order valence-electron chi connectivity index (χ0n) is 19.4. The van der Waals surface area contributed by atoms with Crippen molar-refractivity contribution in [3.05, 3.63) is 83.7 Å². The molecule has 0 aliphatic rings. The number of aromatic nitrogens is 2. The summed E-state index contributed by atoms with van der Waals surface area (Å²) in [5.74, 6) is -0.258. The van der Waals surface area contributed by atoms with Gasteiger partial charge in [-0.1, -0.05) is 61.1 Å². The van der Waals surface area contributed by atoms with Gasteiger partial charge in [0.25, 0.3) is 0 Å². The van der Waals surface area contributed by atoms with E-state index in [9.17, 15) is 13.2 Å². The highest BCUT2D eigenvalue weighted by atomic mass is 32.2. The van der Waals surface area contributed by atoms with Crippen molar-refractivity contribution < 1.29 is 13.2 Å². The van der Waals surface area contributed by atoms with E-state index in [1.165, 1.54) is 11.3 Å². The summed E-state index contributed by atoms with van der Waals surface area (Å²) in [6, 6.07) is 16.5. The van der Waals surface area contributed by atoms with Crippen LogP contribution in [-0.4, -0.2) is 30.0 Å². The van der Waals surface area contributed by atoms with E-state index in [0.717, 1.165) is 26.9 Å². The Morgan fingerprint density at radius 3 is 2.50 bits per heavy atom. The standard InChI is InChI=1S/C26H27N3O3S2/c1-18(2)22-7-4-8-23-25(22)28-26(33-23)29(17-20-6-5-14-27-16-20)24(30)13-15-34(31,32)21-11-9-19(3)10-12-21/h4-12,14,16,18H,13,15,17H2,1-3H3. The molecule has 0 atom stereocenters. The number of aryl methyl sites for hydroxylation is 1. The summed E-state index contributed by atoms with van der Waals surface area (Å²) >= 11 is 1.44. The Morgan fingerprint density at radius 2 is 1.82 bits per heavy atom. The molecule has 0 N–H and O–H groups in total. The lowest BCUT2D eigenvalue weighted by molar-refractivity contribution is -0.118. The number of hydrogen-bond acceptors (Lipinski definition) is 6. The lowest BCUT2D eigenvalue weighted by Gasteiger charge is -2.20. The number of carbonyl (C=O) groups is 1. The Labute approximate surface area is 204 Å². The first kappa shape index (κ1) is 24.0. The lowest BCUT2D eigenvalue weighted by Crippen LogP contribution is -2.31. The van der Waals surface area contributed by atoms with Gasteiger partial charge < -0.3 is 0 Å². The van der Waals surface area contributed by atoms with Crippen LogP contribution in [0.1, 0.15) is 42.9 Å². The maximum atomic E-state index is 13.4. The van der Waals surface area contributed by atoms with Crippen LogP contribution in [0.4, 0.5) is 5.13 Å². The Bertz CT molecular complexity index is 1400. The van der Waals surface area contributed by atoms with E-state index in [1.54, 1.807) is 41.6 Å². The summed E-state index contributed by atoms with van der Waals surface area (Å²) in [6.07, 6.45) is 3.25. The average Bonchev–Trinajstić information content (AvgIpc) is 3.26. The maximum absolute atomic E-state index is 13.4. The highest BCUT2D eigenvalue weighted by Crippen LogP contribution is 2.34. The van der Waals surface area contributed by atoms with Crippen LogP contribution in [0.5, 0.6) is 0 Å². The summed E-state index contributed by atoms with van der Waals surface area (Å²) in [7, 11) is -3.58. The second-order valence-electron chi connectivity index (χ2n) is 8.57. The number of benzene rings is 2. The Hall–Kier alpha value is -3.10. The number of carbonyl (C=O) groups excluding carboxylic acids is 1. The smallest absolute Gasteiger partial charge is 0.230 e. The molecule has 0 saturated carbocycles. The van der Waals surface area contributed by atoms with E-state index >= 15 is 0 Å². The van der Waals surface area contributed by atoms with Crippen molar-refractivity contribution >= 4 is 42.4 Å². The van der Waals surface area contributed by atoms with E-state index in [4.69, 9.17) is 4.98 Å². The van der Waals surface area contributed by atoms with Crippen LogP contribution in [0.15, 0.2) is 71.9 Å². The summed E-state index contributed by atoms with van der Waals surface area (Å²) < 4.78 is 26.7. The van der Waals surface area contributed by atoms with Crippen molar-refractivity contribution in [3.8, 4) is 0 Å². The van der Waals surface area contributed by atoms with Crippen molar-refractivity contribution in [2.75, 3.05) is 10.7 Å². The summed E-state index contributed by atoms with van der Waals surface area (Å²) in [6.45, 7) is 6.40. The molecule has 6 nitrogen and oxygen atoms in total. The number of fused-ring (bicyclic) bond motifs is 1. The molecule has 176 valence electrons. The maximum Gasteiger partial charge on any atom is 0.230 e. The monoisotopic (exact) mass is 493 g/mol. The number of sulfone groups is 1. The first-order valence-corrected chi connectivity index (χ1v) is 13.6. The van der Waals surface area contributed by atoms with Crippen LogP contribution in [0.25, 0.3) is 10.2 Å². The molecule has 1 amide bonds. The van der Waals surface area contributed by atoms with E-state index in [1.807, 2.05) is 31.2 Å². The summed E-state index contributed by atoms with van der Waals surface area (Å²) in [5, 5.41) is 0.560. The van der Waals surface area contributed by atoms with E-state index in [-0.39, 0.29) is 29.5 Å². The van der Waals surface area contributed by atoms with Crippen LogP contribution in [0.2, 0.25) is 0 Å². The molecule has 0 saturated heterocycles. The molecule has 2 aromatic heterocycles. The Balaban J connectivity index is 1.63. The van der Waals surface area contributed by atoms with Crippen molar-refractivity contribution in [1.29, 1.82) is 0 Å². The number of anilines is 1. The average molecular weight is 494 g/mol. The van der Waals surface area contributed by atoms with Gasteiger partial charge in [-0.3, -0.25) is 14.7 Å². The van der Waals surface area contributed by atoms with Crippen LogP contribution in [-0.2, 0) is 21.2 Å². The molecule has 34 heavy (non-hydrogen) atoms. The van der Waals surface area contributed by atoms with Gasteiger partial charge in [0, 0.05) is 18.8 Å². The minimum atomic E-state index is -3.58. The molecule has 0 radical (unpaired) electrons. The van der Waals surface area contributed by atoms with Crippen LogP contribution in [0, 0.1) is 6.92 Å². The fourth-order valence-electron chi connectivity index (χ4n) is 3.70. The molecular formula is C26H27N3O3S2. The fourth-order valence-corrected chi connectivity index (χ4v) is 5.94. The summed E-state index contributed by atoms with van der Waals surface area (Å²) in [5.41, 5.74) is 3.83. The van der Waals surface area contributed by atoms with E-state index < -0.39 is 9.84 Å². The minimum Gasteiger partial charge on any atom is -0.284 e. The third-order valence-corrected chi connectivity index (χ3v) is 8.40. The third kappa shape index (κ3) is 5.34. The highest BCUT2D eigenvalue weighted by molar-refractivity contribution is 7.91. The Morgan fingerprint density at radius 1 is 1.06 bits per heavy atom. The van der Waals surface area contributed by atoms with E-state index in [2.05, 4.69) is 24.9 Å². The van der Waals surface area contributed by atoms with Gasteiger partial charge in [0.05, 0.1) is 27.4 Å². The molecule has 0 unspecified atom stereocenters. The number of nitrogens with zero attached hydrogens (tertiary/aromatic N) is 3. The predicted molar refractivity (Wildman–Crippen MR) is 137 cm³/mol. The van der Waals surface area contributed by atoms with Gasteiger partial charge in [0.2, 0.25) is 5.91 Å². The Kier molecular flexibility index (Phi) is 7.09. The fraction of sp³-hybridized carbons (Fsp3) is 0.269. The van der Waals surface area contributed by atoms with Crippen LogP contribution in [0.3, 0.4) is 0 Å². The van der Waals surface area contributed by atoms with Gasteiger partial charge >= 0.3 is 0 Å². The highest BCUT2D eigenvalue weighted by Gasteiger charge is 2.24. The zero-order chi connectivity index (χ0) is 24.3. The first-order chi connectivity index (χ1) is 16.2. The molecule has 0 spiro atoms. The molecular weight excluding hydrogens is 466 g/mol. The molecule has 8 heteroatoms. The van der Waals surface area contributed by atoms with Crippen molar-refractivity contribution in [2.45, 2.75) is 44.6 Å². The molecule has 2 heterocycles. The SMILES string of the molecule is Cc1ccc(S(=O)(=O)CCC(=O)N(Cc2cccnc2)c2nc3c(C(C)C)cccc3s2)cc1. The van der Waals surface area contributed by atoms with Gasteiger partial charge in [0.15, 0.2) is 15.0 Å². The number of rotatable bonds is 8. The normalized spacial score (nSPS) is 11.8. The van der Waals surface area contributed by atoms with Gasteiger partial charge in [-0.05, 0) is 48.2 Å². The van der Waals surface area contributed by atoms with Crippen molar-refractivity contribution in [3.63, 3.8) is 0 Å². The van der Waals surface area contributed by atoms with Crippen molar-refractivity contribution in [2.24, 2.45) is 0 Å². The zero-order valence-corrected chi connectivity index (χ0v) is 21.1. The lowest BCUT2D eigenvalue weighted by atomic mass is 10.0. The number of pyridine rings is 1. The van der Waals surface area contributed by atoms with Crippen LogP contribution < -0.4 is 4.90 Å². The van der Waals surface area contributed by atoms with Gasteiger partial charge in [-0.2, -0.15) is 0 Å². The number of hydrogen-bond donors (Lipinski definition) is 0.